The van der Waals surface area contributed by atoms with E-state index in [2.05, 4.69) is 53.0 Å². The molecule has 6 nitrogen and oxygen atoms in total. The van der Waals surface area contributed by atoms with E-state index in [0.717, 1.165) is 34.5 Å². The fourth-order valence-corrected chi connectivity index (χ4v) is 3.67. The molecule has 0 aliphatic rings. The van der Waals surface area contributed by atoms with E-state index >= 15 is 0 Å². The van der Waals surface area contributed by atoms with E-state index in [0.29, 0.717) is 5.92 Å². The number of methoxy groups -OCH3 is 1. The Morgan fingerprint density at radius 3 is 2.59 bits per heavy atom. The first-order chi connectivity index (χ1) is 14.0. The van der Waals surface area contributed by atoms with E-state index in [1.807, 2.05) is 36.4 Å². The number of hydrogen-bond donors (Lipinski definition) is 1. The number of benzene rings is 2. The molecular formula is C22H26N4O2S. The number of hydrogen-bond acceptors (Lipinski definition) is 5. The number of nitrogens with zero attached hydrogens (tertiary/aromatic N) is 3. The van der Waals surface area contributed by atoms with Crippen LogP contribution in [0.15, 0.2) is 53.7 Å². The molecule has 0 spiro atoms. The third kappa shape index (κ3) is 5.60. The number of aromatic nitrogens is 3. The summed E-state index contributed by atoms with van der Waals surface area (Å²) in [4.78, 5) is 12.4. The average molecular weight is 411 g/mol. The molecule has 0 saturated carbocycles. The minimum atomic E-state index is -0.0867. The maximum absolute atomic E-state index is 12.4. The van der Waals surface area contributed by atoms with Crippen LogP contribution in [-0.2, 0) is 11.3 Å². The van der Waals surface area contributed by atoms with Gasteiger partial charge in [-0.15, -0.1) is 10.2 Å². The summed E-state index contributed by atoms with van der Waals surface area (Å²) in [6, 6.07) is 15.5. The van der Waals surface area contributed by atoms with Crippen molar-refractivity contribution in [2.75, 3.05) is 18.2 Å². The van der Waals surface area contributed by atoms with Gasteiger partial charge in [0, 0.05) is 17.8 Å². The standard InChI is InChI=1S/C22H26N4O2S/c1-15(2)13-26-21(17-7-5-6-16(3)12-17)24-25-22(26)29-14-20(27)23-18-8-10-19(28-4)11-9-18/h5-12,15H,13-14H2,1-4H3,(H,23,27). The molecule has 0 atom stereocenters. The van der Waals surface area contributed by atoms with Gasteiger partial charge in [0.2, 0.25) is 5.91 Å². The number of thioether (sulfide) groups is 1. The Morgan fingerprint density at radius 2 is 1.93 bits per heavy atom. The van der Waals surface area contributed by atoms with Crippen molar-refractivity contribution in [2.24, 2.45) is 5.92 Å². The number of ether oxygens (including phenoxy) is 1. The topological polar surface area (TPSA) is 69.0 Å². The summed E-state index contributed by atoms with van der Waals surface area (Å²) in [5.74, 6) is 2.19. The molecule has 1 aromatic heterocycles. The van der Waals surface area contributed by atoms with Crippen molar-refractivity contribution in [1.29, 1.82) is 0 Å². The molecule has 0 unspecified atom stereocenters. The van der Waals surface area contributed by atoms with Crippen molar-refractivity contribution >= 4 is 23.4 Å². The Hall–Kier alpha value is -2.80. The lowest BCUT2D eigenvalue weighted by Crippen LogP contribution is -2.15. The fourth-order valence-electron chi connectivity index (χ4n) is 2.92. The van der Waals surface area contributed by atoms with Crippen molar-refractivity contribution in [2.45, 2.75) is 32.5 Å². The highest BCUT2D eigenvalue weighted by atomic mass is 32.2. The summed E-state index contributed by atoms with van der Waals surface area (Å²) in [5, 5.41) is 12.4. The molecule has 7 heteroatoms. The second-order valence-electron chi connectivity index (χ2n) is 7.25. The summed E-state index contributed by atoms with van der Waals surface area (Å²) in [6.07, 6.45) is 0. The molecule has 0 radical (unpaired) electrons. The van der Waals surface area contributed by atoms with Crippen molar-refractivity contribution in [3.05, 3.63) is 54.1 Å². The summed E-state index contributed by atoms with van der Waals surface area (Å²) in [7, 11) is 1.61. The van der Waals surface area contributed by atoms with E-state index in [4.69, 9.17) is 4.74 Å². The SMILES string of the molecule is COc1ccc(NC(=O)CSc2nnc(-c3cccc(C)c3)n2CC(C)C)cc1. The number of nitrogens with one attached hydrogen (secondary N) is 1. The Balaban J connectivity index is 1.71. The van der Waals surface area contributed by atoms with Gasteiger partial charge in [0.1, 0.15) is 5.75 Å². The zero-order valence-electron chi connectivity index (χ0n) is 17.2. The molecule has 29 heavy (non-hydrogen) atoms. The summed E-state index contributed by atoms with van der Waals surface area (Å²) >= 11 is 1.40. The smallest absolute Gasteiger partial charge is 0.234 e. The molecule has 1 amide bonds. The molecule has 3 rings (SSSR count). The molecule has 3 aromatic rings. The highest BCUT2D eigenvalue weighted by Gasteiger charge is 2.17. The summed E-state index contributed by atoms with van der Waals surface area (Å²) in [6.45, 7) is 7.17. The predicted octanol–water partition coefficient (Wildman–Crippen LogP) is 4.65. The van der Waals surface area contributed by atoms with Crippen LogP contribution in [0, 0.1) is 12.8 Å². The van der Waals surface area contributed by atoms with Gasteiger partial charge in [-0.1, -0.05) is 49.4 Å². The van der Waals surface area contributed by atoms with Crippen LogP contribution in [0.25, 0.3) is 11.4 Å². The first-order valence-corrected chi connectivity index (χ1v) is 10.5. The van der Waals surface area contributed by atoms with Crippen LogP contribution in [0.4, 0.5) is 5.69 Å². The highest BCUT2D eigenvalue weighted by molar-refractivity contribution is 7.99. The fraction of sp³-hybridized carbons (Fsp3) is 0.318. The minimum absolute atomic E-state index is 0.0867. The largest absolute Gasteiger partial charge is 0.497 e. The van der Waals surface area contributed by atoms with Crippen LogP contribution in [0.2, 0.25) is 0 Å². The monoisotopic (exact) mass is 410 g/mol. The quantitative estimate of drug-likeness (QED) is 0.548. The second kappa shape index (κ2) is 9.60. The zero-order chi connectivity index (χ0) is 20.8. The lowest BCUT2D eigenvalue weighted by Gasteiger charge is -2.13. The molecule has 1 N–H and O–H groups in total. The Bertz CT molecular complexity index is 967. The van der Waals surface area contributed by atoms with Gasteiger partial charge in [0.25, 0.3) is 0 Å². The second-order valence-corrected chi connectivity index (χ2v) is 8.19. The first-order valence-electron chi connectivity index (χ1n) is 9.53. The normalized spacial score (nSPS) is 10.9. The Kier molecular flexibility index (Phi) is 6.93. The van der Waals surface area contributed by atoms with Gasteiger partial charge >= 0.3 is 0 Å². The van der Waals surface area contributed by atoms with Gasteiger partial charge in [-0.2, -0.15) is 0 Å². The van der Waals surface area contributed by atoms with Gasteiger partial charge in [-0.3, -0.25) is 4.79 Å². The van der Waals surface area contributed by atoms with Crippen molar-refractivity contribution in [1.82, 2.24) is 14.8 Å². The number of carbonyl (C=O) groups is 1. The molecule has 0 bridgehead atoms. The van der Waals surface area contributed by atoms with Crippen LogP contribution >= 0.6 is 11.8 Å². The number of carbonyl (C=O) groups excluding carboxylic acids is 1. The number of aryl methyl sites for hydroxylation is 1. The van der Waals surface area contributed by atoms with Crippen molar-refractivity contribution in [3.8, 4) is 17.1 Å². The van der Waals surface area contributed by atoms with Crippen LogP contribution < -0.4 is 10.1 Å². The van der Waals surface area contributed by atoms with E-state index < -0.39 is 0 Å². The molecule has 0 aliphatic carbocycles. The number of amides is 1. The lowest BCUT2D eigenvalue weighted by atomic mass is 10.1. The number of anilines is 1. The third-order valence-electron chi connectivity index (χ3n) is 4.25. The van der Waals surface area contributed by atoms with Gasteiger partial charge in [0.15, 0.2) is 11.0 Å². The van der Waals surface area contributed by atoms with E-state index in [1.54, 1.807) is 7.11 Å². The number of rotatable bonds is 8. The predicted molar refractivity (Wildman–Crippen MR) is 117 cm³/mol. The molecule has 2 aromatic carbocycles. The summed E-state index contributed by atoms with van der Waals surface area (Å²) in [5.41, 5.74) is 2.95. The molecule has 0 aliphatic heterocycles. The average Bonchev–Trinajstić information content (AvgIpc) is 3.09. The molecule has 0 saturated heterocycles. The van der Waals surface area contributed by atoms with E-state index in [9.17, 15) is 4.79 Å². The third-order valence-corrected chi connectivity index (χ3v) is 5.21. The van der Waals surface area contributed by atoms with Crippen LogP contribution in [-0.4, -0.2) is 33.5 Å². The van der Waals surface area contributed by atoms with Gasteiger partial charge in [-0.25, -0.2) is 0 Å². The first kappa shape index (κ1) is 20.9. The van der Waals surface area contributed by atoms with Gasteiger partial charge in [-0.05, 0) is 43.2 Å². The minimum Gasteiger partial charge on any atom is -0.497 e. The lowest BCUT2D eigenvalue weighted by molar-refractivity contribution is -0.113. The Morgan fingerprint density at radius 1 is 1.17 bits per heavy atom. The van der Waals surface area contributed by atoms with Crippen LogP contribution in [0.3, 0.4) is 0 Å². The van der Waals surface area contributed by atoms with Crippen LogP contribution in [0.1, 0.15) is 19.4 Å². The van der Waals surface area contributed by atoms with E-state index in [-0.39, 0.29) is 11.7 Å². The van der Waals surface area contributed by atoms with Crippen molar-refractivity contribution in [3.63, 3.8) is 0 Å². The molecule has 1 heterocycles. The highest BCUT2D eigenvalue weighted by Crippen LogP contribution is 2.26. The Labute approximate surface area is 175 Å². The van der Waals surface area contributed by atoms with Gasteiger partial charge in [0.05, 0.1) is 12.9 Å². The van der Waals surface area contributed by atoms with Crippen molar-refractivity contribution < 1.29 is 9.53 Å². The van der Waals surface area contributed by atoms with E-state index in [1.165, 1.54) is 17.3 Å². The molecule has 152 valence electrons. The zero-order valence-corrected chi connectivity index (χ0v) is 18.0. The maximum Gasteiger partial charge on any atom is 0.234 e. The maximum atomic E-state index is 12.4. The van der Waals surface area contributed by atoms with Crippen LogP contribution in [0.5, 0.6) is 5.75 Å². The molecular weight excluding hydrogens is 384 g/mol. The summed E-state index contributed by atoms with van der Waals surface area (Å²) < 4.78 is 7.24. The molecule has 0 fully saturated rings. The van der Waals surface area contributed by atoms with Gasteiger partial charge < -0.3 is 14.6 Å².